The Morgan fingerprint density at radius 1 is 1.36 bits per heavy atom. The number of amides is 2. The number of ether oxygens (including phenoxy) is 2. The summed E-state index contributed by atoms with van der Waals surface area (Å²) in [6.07, 6.45) is 4.29. The highest BCUT2D eigenvalue weighted by Gasteiger charge is 2.16. The number of aromatic nitrogens is 2. The predicted octanol–water partition coefficient (Wildman–Crippen LogP) is 1.32. The molecule has 2 atom stereocenters. The van der Waals surface area contributed by atoms with Crippen LogP contribution in [0.3, 0.4) is 0 Å². The highest BCUT2D eigenvalue weighted by atomic mass is 16.5. The van der Waals surface area contributed by atoms with Crippen LogP contribution in [0.5, 0.6) is 11.5 Å². The molecule has 0 saturated carbocycles. The fourth-order valence-corrected chi connectivity index (χ4v) is 2.43. The van der Waals surface area contributed by atoms with Gasteiger partial charge in [0.05, 0.1) is 20.5 Å². The monoisotopic (exact) mass is 348 g/mol. The molecule has 1 heterocycles. The summed E-state index contributed by atoms with van der Waals surface area (Å²) < 4.78 is 12.3. The molecule has 1 aromatic heterocycles. The Balaban J connectivity index is 1.86. The van der Waals surface area contributed by atoms with E-state index in [0.717, 1.165) is 0 Å². The van der Waals surface area contributed by atoms with Crippen molar-refractivity contribution < 1.29 is 19.4 Å². The van der Waals surface area contributed by atoms with Gasteiger partial charge in [-0.25, -0.2) is 9.78 Å². The number of nitrogens with zero attached hydrogens (tertiary/aromatic N) is 2. The van der Waals surface area contributed by atoms with Crippen LogP contribution in [0.1, 0.15) is 18.6 Å². The molecule has 2 rings (SSSR count). The van der Waals surface area contributed by atoms with Crippen molar-refractivity contribution in [3.63, 3.8) is 0 Å². The van der Waals surface area contributed by atoms with E-state index in [0.29, 0.717) is 23.6 Å². The molecule has 1 aromatic carbocycles. The Hall–Kier alpha value is -2.74. The molecule has 0 aliphatic heterocycles. The molecule has 0 spiro atoms. The Bertz CT molecular complexity index is 675. The van der Waals surface area contributed by atoms with Crippen molar-refractivity contribution >= 4 is 6.03 Å². The first-order valence-corrected chi connectivity index (χ1v) is 7.93. The number of imidazole rings is 1. The van der Waals surface area contributed by atoms with Crippen LogP contribution in [-0.4, -0.2) is 47.5 Å². The van der Waals surface area contributed by atoms with Gasteiger partial charge in [0.25, 0.3) is 0 Å². The maximum atomic E-state index is 12.0. The lowest BCUT2D eigenvalue weighted by Crippen LogP contribution is -2.43. The summed E-state index contributed by atoms with van der Waals surface area (Å²) in [5.74, 6) is 1.14. The predicted molar refractivity (Wildman–Crippen MR) is 92.7 cm³/mol. The second-order valence-electron chi connectivity index (χ2n) is 5.64. The lowest BCUT2D eigenvalue weighted by Gasteiger charge is -2.18. The maximum Gasteiger partial charge on any atom is 0.315 e. The van der Waals surface area contributed by atoms with Crippen LogP contribution in [0, 0.1) is 0 Å². The zero-order valence-electron chi connectivity index (χ0n) is 14.6. The molecule has 2 amide bonds. The van der Waals surface area contributed by atoms with E-state index in [1.165, 1.54) is 7.11 Å². The van der Waals surface area contributed by atoms with Gasteiger partial charge in [-0.15, -0.1) is 0 Å². The fourth-order valence-electron chi connectivity index (χ4n) is 2.43. The van der Waals surface area contributed by atoms with Crippen molar-refractivity contribution in [3.05, 3.63) is 42.5 Å². The molecule has 136 valence electrons. The molecule has 0 aliphatic rings. The van der Waals surface area contributed by atoms with Crippen molar-refractivity contribution in [2.75, 3.05) is 20.8 Å². The summed E-state index contributed by atoms with van der Waals surface area (Å²) in [6, 6.07) is 4.70. The molecular weight excluding hydrogens is 324 g/mol. The number of urea groups is 1. The number of methoxy groups -OCH3 is 2. The van der Waals surface area contributed by atoms with Crippen LogP contribution < -0.4 is 20.1 Å². The van der Waals surface area contributed by atoms with Crippen LogP contribution in [0.4, 0.5) is 4.79 Å². The molecule has 3 N–H and O–H groups in total. The summed E-state index contributed by atoms with van der Waals surface area (Å²) >= 11 is 0. The molecule has 8 nitrogen and oxygen atoms in total. The maximum absolute atomic E-state index is 12.0. The standard InChI is InChI=1S/C17H24N4O4/c1-12(10-21-7-6-18-11-21)20-17(23)19-9-15(22)14-8-13(24-2)4-5-16(14)25-3/h4-8,11-12,15,22H,9-10H2,1-3H3,(H2,19,20,23)/t12-,15-/m0/s1. The molecule has 0 bridgehead atoms. The average Bonchev–Trinajstić information content (AvgIpc) is 3.11. The summed E-state index contributed by atoms with van der Waals surface area (Å²) in [7, 11) is 3.07. The Labute approximate surface area is 146 Å². The van der Waals surface area contributed by atoms with Gasteiger partial charge >= 0.3 is 6.03 Å². The third-order valence-corrected chi connectivity index (χ3v) is 3.67. The lowest BCUT2D eigenvalue weighted by atomic mass is 10.1. The van der Waals surface area contributed by atoms with Gasteiger partial charge in [0.2, 0.25) is 0 Å². The zero-order valence-corrected chi connectivity index (χ0v) is 14.6. The third-order valence-electron chi connectivity index (χ3n) is 3.67. The largest absolute Gasteiger partial charge is 0.497 e. The van der Waals surface area contributed by atoms with Crippen molar-refractivity contribution in [1.29, 1.82) is 0 Å². The topological polar surface area (TPSA) is 97.6 Å². The first-order chi connectivity index (χ1) is 12.0. The SMILES string of the molecule is COc1ccc(OC)c([C@@H](O)CNC(=O)N[C@@H](C)Cn2ccnc2)c1. The molecule has 0 aliphatic carbocycles. The van der Waals surface area contributed by atoms with E-state index in [4.69, 9.17) is 9.47 Å². The minimum Gasteiger partial charge on any atom is -0.497 e. The van der Waals surface area contributed by atoms with E-state index in [1.54, 1.807) is 37.8 Å². The summed E-state index contributed by atoms with van der Waals surface area (Å²) in [5, 5.41) is 15.8. The first-order valence-electron chi connectivity index (χ1n) is 7.93. The average molecular weight is 348 g/mol. The molecule has 25 heavy (non-hydrogen) atoms. The number of nitrogens with one attached hydrogen (secondary N) is 2. The van der Waals surface area contributed by atoms with Gasteiger partial charge in [-0.1, -0.05) is 0 Å². The molecule has 2 aromatic rings. The van der Waals surface area contributed by atoms with E-state index in [2.05, 4.69) is 15.6 Å². The van der Waals surface area contributed by atoms with E-state index < -0.39 is 6.10 Å². The molecule has 0 unspecified atom stereocenters. The van der Waals surface area contributed by atoms with Crippen molar-refractivity contribution in [1.82, 2.24) is 20.2 Å². The number of aliphatic hydroxyl groups excluding tert-OH is 1. The summed E-state index contributed by atoms with van der Waals surface area (Å²) in [5.41, 5.74) is 0.550. The lowest BCUT2D eigenvalue weighted by molar-refractivity contribution is 0.168. The van der Waals surface area contributed by atoms with E-state index >= 15 is 0 Å². The highest BCUT2D eigenvalue weighted by Crippen LogP contribution is 2.28. The molecule has 0 fully saturated rings. The number of hydrogen-bond acceptors (Lipinski definition) is 5. The third kappa shape index (κ3) is 5.39. The number of carbonyl (C=O) groups is 1. The molecular formula is C17H24N4O4. The van der Waals surface area contributed by atoms with Gasteiger partial charge in [0, 0.05) is 37.1 Å². The van der Waals surface area contributed by atoms with Crippen LogP contribution in [0.2, 0.25) is 0 Å². The van der Waals surface area contributed by atoms with E-state index in [-0.39, 0.29) is 18.6 Å². The van der Waals surface area contributed by atoms with Gasteiger partial charge in [-0.3, -0.25) is 0 Å². The number of aliphatic hydroxyl groups is 1. The molecule has 8 heteroatoms. The second kappa shape index (κ2) is 8.93. The Morgan fingerprint density at radius 2 is 2.16 bits per heavy atom. The second-order valence-corrected chi connectivity index (χ2v) is 5.64. The number of carbonyl (C=O) groups excluding carboxylic acids is 1. The Kier molecular flexibility index (Phi) is 6.64. The minimum atomic E-state index is -0.917. The van der Waals surface area contributed by atoms with Crippen LogP contribution in [0.25, 0.3) is 0 Å². The first kappa shape index (κ1) is 18.6. The highest BCUT2D eigenvalue weighted by molar-refractivity contribution is 5.74. The fraction of sp³-hybridized carbons (Fsp3) is 0.412. The molecule has 0 saturated heterocycles. The van der Waals surface area contributed by atoms with E-state index in [9.17, 15) is 9.90 Å². The van der Waals surface area contributed by atoms with Gasteiger partial charge in [-0.05, 0) is 25.1 Å². The molecule has 0 radical (unpaired) electrons. The minimum absolute atomic E-state index is 0.0488. The Morgan fingerprint density at radius 3 is 2.80 bits per heavy atom. The number of rotatable bonds is 8. The van der Waals surface area contributed by atoms with Crippen molar-refractivity contribution in [2.45, 2.75) is 25.6 Å². The van der Waals surface area contributed by atoms with Crippen LogP contribution in [-0.2, 0) is 6.54 Å². The van der Waals surface area contributed by atoms with E-state index in [1.807, 2.05) is 17.7 Å². The quantitative estimate of drug-likeness (QED) is 0.668. The smallest absolute Gasteiger partial charge is 0.315 e. The summed E-state index contributed by atoms with van der Waals surface area (Å²) in [6.45, 7) is 2.55. The van der Waals surface area contributed by atoms with Crippen LogP contribution >= 0.6 is 0 Å². The van der Waals surface area contributed by atoms with Gasteiger partial charge < -0.3 is 29.8 Å². The number of benzene rings is 1. The van der Waals surface area contributed by atoms with Crippen molar-refractivity contribution in [2.24, 2.45) is 0 Å². The zero-order chi connectivity index (χ0) is 18.2. The van der Waals surface area contributed by atoms with Gasteiger partial charge in [0.1, 0.15) is 17.6 Å². The van der Waals surface area contributed by atoms with Gasteiger partial charge in [-0.2, -0.15) is 0 Å². The summed E-state index contributed by atoms with van der Waals surface area (Å²) in [4.78, 5) is 15.9. The van der Waals surface area contributed by atoms with Gasteiger partial charge in [0.15, 0.2) is 0 Å². The van der Waals surface area contributed by atoms with Crippen molar-refractivity contribution in [3.8, 4) is 11.5 Å². The normalized spacial score (nSPS) is 13.0. The number of hydrogen-bond donors (Lipinski definition) is 3. The van der Waals surface area contributed by atoms with Crippen LogP contribution in [0.15, 0.2) is 36.9 Å².